The molecular weight excluding hydrogens is 258 g/mol. The number of pyridine rings is 1. The minimum atomic E-state index is -0.482. The molecule has 0 spiro atoms. The standard InChI is InChI=1S/C14H23N3O3/c1-6-19-13(18)11-7-10(15)8-16-12(11)20-9-14(2,3)17(4)5/h7-8H,6,9,15H2,1-5H3. The summed E-state index contributed by atoms with van der Waals surface area (Å²) in [5, 5.41) is 0. The maximum absolute atomic E-state index is 11.9. The third-order valence-corrected chi connectivity index (χ3v) is 3.14. The van der Waals surface area contributed by atoms with E-state index in [1.165, 1.54) is 12.3 Å². The highest BCUT2D eigenvalue weighted by Crippen LogP contribution is 2.21. The number of hydrogen-bond donors (Lipinski definition) is 1. The van der Waals surface area contributed by atoms with Gasteiger partial charge >= 0.3 is 5.97 Å². The molecule has 2 N–H and O–H groups in total. The topological polar surface area (TPSA) is 77.7 Å². The van der Waals surface area contributed by atoms with Crippen LogP contribution >= 0.6 is 0 Å². The number of carbonyl (C=O) groups excluding carboxylic acids is 1. The van der Waals surface area contributed by atoms with Crippen LogP contribution in [0.15, 0.2) is 12.3 Å². The van der Waals surface area contributed by atoms with E-state index in [1.807, 2.05) is 32.8 Å². The van der Waals surface area contributed by atoms with Gasteiger partial charge in [0.25, 0.3) is 0 Å². The van der Waals surface area contributed by atoms with Crippen LogP contribution in [-0.4, -0.2) is 48.7 Å². The Labute approximate surface area is 119 Å². The van der Waals surface area contributed by atoms with Crippen LogP contribution in [0.1, 0.15) is 31.1 Å². The third kappa shape index (κ3) is 4.09. The summed E-state index contributed by atoms with van der Waals surface area (Å²) in [4.78, 5) is 18.0. The van der Waals surface area contributed by atoms with Crippen molar-refractivity contribution in [1.29, 1.82) is 0 Å². The minimum absolute atomic E-state index is 0.186. The van der Waals surface area contributed by atoms with Crippen LogP contribution < -0.4 is 10.5 Å². The molecule has 1 heterocycles. The molecule has 6 heteroatoms. The molecule has 0 aliphatic carbocycles. The van der Waals surface area contributed by atoms with Crippen molar-refractivity contribution in [3.63, 3.8) is 0 Å². The Morgan fingerprint density at radius 1 is 1.45 bits per heavy atom. The molecule has 0 aliphatic rings. The zero-order valence-corrected chi connectivity index (χ0v) is 12.8. The van der Waals surface area contributed by atoms with E-state index in [2.05, 4.69) is 4.98 Å². The molecule has 0 saturated carbocycles. The number of nitrogens with zero attached hydrogens (tertiary/aromatic N) is 2. The Morgan fingerprint density at radius 2 is 2.10 bits per heavy atom. The van der Waals surface area contributed by atoms with E-state index in [0.717, 1.165) is 0 Å². The number of likely N-dealkylation sites (N-methyl/N-ethyl adjacent to an activating group) is 1. The molecule has 1 aromatic heterocycles. The summed E-state index contributed by atoms with van der Waals surface area (Å²) < 4.78 is 10.7. The number of carbonyl (C=O) groups is 1. The second-order valence-electron chi connectivity index (χ2n) is 5.34. The van der Waals surface area contributed by atoms with Crippen molar-refractivity contribution in [2.75, 3.05) is 33.0 Å². The summed E-state index contributed by atoms with van der Waals surface area (Å²) in [5.41, 5.74) is 6.12. The number of hydrogen-bond acceptors (Lipinski definition) is 6. The van der Waals surface area contributed by atoms with Gasteiger partial charge in [0.2, 0.25) is 5.88 Å². The lowest BCUT2D eigenvalue weighted by molar-refractivity contribution is 0.0514. The van der Waals surface area contributed by atoms with Crippen molar-refractivity contribution in [1.82, 2.24) is 9.88 Å². The Balaban J connectivity index is 2.92. The number of rotatable bonds is 6. The highest BCUT2D eigenvalue weighted by Gasteiger charge is 2.23. The van der Waals surface area contributed by atoms with Gasteiger partial charge in [-0.15, -0.1) is 0 Å². The van der Waals surface area contributed by atoms with E-state index in [1.54, 1.807) is 6.92 Å². The first-order valence-corrected chi connectivity index (χ1v) is 6.50. The van der Waals surface area contributed by atoms with Crippen molar-refractivity contribution in [3.05, 3.63) is 17.8 Å². The van der Waals surface area contributed by atoms with Crippen LogP contribution in [0.4, 0.5) is 5.69 Å². The lowest BCUT2D eigenvalue weighted by atomic mass is 10.1. The zero-order valence-electron chi connectivity index (χ0n) is 12.8. The van der Waals surface area contributed by atoms with Gasteiger partial charge < -0.3 is 20.1 Å². The monoisotopic (exact) mass is 281 g/mol. The molecule has 6 nitrogen and oxygen atoms in total. The van der Waals surface area contributed by atoms with Crippen LogP contribution in [0.5, 0.6) is 5.88 Å². The smallest absolute Gasteiger partial charge is 0.343 e. The van der Waals surface area contributed by atoms with Crippen LogP contribution in [0.25, 0.3) is 0 Å². The largest absolute Gasteiger partial charge is 0.475 e. The van der Waals surface area contributed by atoms with E-state index in [0.29, 0.717) is 12.3 Å². The molecular formula is C14H23N3O3. The van der Waals surface area contributed by atoms with E-state index >= 15 is 0 Å². The molecule has 20 heavy (non-hydrogen) atoms. The van der Waals surface area contributed by atoms with Crippen molar-refractivity contribution < 1.29 is 14.3 Å². The number of esters is 1. The van der Waals surface area contributed by atoms with Crippen molar-refractivity contribution in [2.45, 2.75) is 26.3 Å². The van der Waals surface area contributed by atoms with Gasteiger partial charge in [0, 0.05) is 5.54 Å². The molecule has 1 aromatic rings. The molecule has 0 aromatic carbocycles. The number of ether oxygens (including phenoxy) is 2. The highest BCUT2D eigenvalue weighted by molar-refractivity contribution is 5.92. The first kappa shape index (κ1) is 16.2. The molecule has 0 saturated heterocycles. The van der Waals surface area contributed by atoms with Gasteiger partial charge in [-0.25, -0.2) is 9.78 Å². The van der Waals surface area contributed by atoms with Crippen molar-refractivity contribution >= 4 is 11.7 Å². The van der Waals surface area contributed by atoms with E-state index in [9.17, 15) is 4.79 Å². The van der Waals surface area contributed by atoms with E-state index in [4.69, 9.17) is 15.2 Å². The fraction of sp³-hybridized carbons (Fsp3) is 0.571. The lowest BCUT2D eigenvalue weighted by Crippen LogP contribution is -2.43. The summed E-state index contributed by atoms with van der Waals surface area (Å²) in [6.45, 7) is 6.50. The van der Waals surface area contributed by atoms with Crippen molar-refractivity contribution in [2.24, 2.45) is 0 Å². The summed E-state index contributed by atoms with van der Waals surface area (Å²) in [6, 6.07) is 1.52. The number of nitrogen functional groups attached to an aromatic ring is 1. The third-order valence-electron chi connectivity index (χ3n) is 3.14. The average Bonchev–Trinajstić information content (AvgIpc) is 2.37. The fourth-order valence-corrected chi connectivity index (χ4v) is 1.31. The number of aromatic nitrogens is 1. The van der Waals surface area contributed by atoms with Crippen LogP contribution in [0.3, 0.4) is 0 Å². The number of anilines is 1. The molecule has 112 valence electrons. The zero-order chi connectivity index (χ0) is 15.3. The molecule has 0 radical (unpaired) electrons. The SMILES string of the molecule is CCOC(=O)c1cc(N)cnc1OCC(C)(C)N(C)C. The fourth-order valence-electron chi connectivity index (χ4n) is 1.31. The van der Waals surface area contributed by atoms with E-state index < -0.39 is 5.97 Å². The normalized spacial score (nSPS) is 11.5. The summed E-state index contributed by atoms with van der Waals surface area (Å²) >= 11 is 0. The van der Waals surface area contributed by atoms with Gasteiger partial charge in [-0.1, -0.05) is 0 Å². The Hall–Kier alpha value is -1.82. The summed E-state index contributed by atoms with van der Waals surface area (Å²) in [7, 11) is 3.93. The molecule has 0 fully saturated rings. The maximum atomic E-state index is 11.9. The predicted molar refractivity (Wildman–Crippen MR) is 77.9 cm³/mol. The van der Waals surface area contributed by atoms with Crippen LogP contribution in [0.2, 0.25) is 0 Å². The molecule has 1 rings (SSSR count). The molecule has 0 aliphatic heterocycles. The van der Waals surface area contributed by atoms with E-state index in [-0.39, 0.29) is 23.6 Å². The lowest BCUT2D eigenvalue weighted by Gasteiger charge is -2.32. The Morgan fingerprint density at radius 3 is 2.65 bits per heavy atom. The van der Waals surface area contributed by atoms with Gasteiger partial charge in [-0.3, -0.25) is 0 Å². The quantitative estimate of drug-likeness (QED) is 0.797. The predicted octanol–water partition coefficient (Wildman–Crippen LogP) is 1.56. The summed E-state index contributed by atoms with van der Waals surface area (Å²) in [5.74, 6) is -0.238. The van der Waals surface area contributed by atoms with Gasteiger partial charge in [0.05, 0.1) is 18.5 Å². The number of nitrogens with two attached hydrogens (primary N) is 1. The van der Waals surface area contributed by atoms with Gasteiger partial charge in [-0.05, 0) is 40.9 Å². The average molecular weight is 281 g/mol. The molecule has 0 unspecified atom stereocenters. The van der Waals surface area contributed by atoms with Gasteiger partial charge in [-0.2, -0.15) is 0 Å². The van der Waals surface area contributed by atoms with Crippen molar-refractivity contribution in [3.8, 4) is 5.88 Å². The van der Waals surface area contributed by atoms with Gasteiger partial charge in [0.15, 0.2) is 0 Å². The van der Waals surface area contributed by atoms with Gasteiger partial charge in [0.1, 0.15) is 12.2 Å². The molecule has 0 bridgehead atoms. The molecule has 0 amide bonds. The Bertz CT molecular complexity index is 473. The summed E-state index contributed by atoms with van der Waals surface area (Å²) in [6.07, 6.45) is 1.46. The second kappa shape index (κ2) is 6.56. The van der Waals surface area contributed by atoms with Crippen LogP contribution in [0, 0.1) is 0 Å². The Kier molecular flexibility index (Phi) is 5.33. The maximum Gasteiger partial charge on any atom is 0.343 e. The first-order valence-electron chi connectivity index (χ1n) is 6.50. The van der Waals surface area contributed by atoms with Crippen LogP contribution in [-0.2, 0) is 4.74 Å². The highest BCUT2D eigenvalue weighted by atomic mass is 16.5. The second-order valence-corrected chi connectivity index (χ2v) is 5.34. The molecule has 0 atom stereocenters. The first-order chi connectivity index (χ1) is 9.27. The minimum Gasteiger partial charge on any atom is -0.475 e.